The van der Waals surface area contributed by atoms with Crippen LogP contribution in [-0.4, -0.2) is 21.9 Å². The average Bonchev–Trinajstić information content (AvgIpc) is 3.13. The van der Waals surface area contributed by atoms with Crippen molar-refractivity contribution in [1.29, 1.82) is 0 Å². The number of anilines is 1. The summed E-state index contributed by atoms with van der Waals surface area (Å²) in [5, 5.41) is 10.7. The molecule has 1 heterocycles. The van der Waals surface area contributed by atoms with Crippen molar-refractivity contribution < 1.29 is 4.79 Å². The lowest BCUT2D eigenvalue weighted by atomic mass is 9.48. The summed E-state index contributed by atoms with van der Waals surface area (Å²) >= 11 is 2.89. The van der Waals surface area contributed by atoms with Crippen molar-refractivity contribution in [2.75, 3.05) is 11.1 Å². The van der Waals surface area contributed by atoms with Gasteiger partial charge in [0.2, 0.25) is 5.91 Å². The third-order valence-corrected chi connectivity index (χ3v) is 8.35. The molecule has 4 fully saturated rings. The topological polar surface area (TPSA) is 54.9 Å². The molecule has 26 heavy (non-hydrogen) atoms. The molecule has 1 N–H and O–H groups in total. The Kier molecular flexibility index (Phi) is 4.28. The van der Waals surface area contributed by atoms with E-state index < -0.39 is 0 Å². The van der Waals surface area contributed by atoms with Crippen LogP contribution in [0.1, 0.15) is 44.1 Å². The highest BCUT2D eigenvalue weighted by molar-refractivity contribution is 8.01. The second-order valence-corrected chi connectivity index (χ2v) is 10.4. The molecular weight excluding hydrogens is 362 g/mol. The first kappa shape index (κ1) is 16.8. The van der Waals surface area contributed by atoms with E-state index in [-0.39, 0.29) is 5.91 Å². The van der Waals surface area contributed by atoms with Crippen LogP contribution in [0.15, 0.2) is 34.1 Å². The summed E-state index contributed by atoms with van der Waals surface area (Å²) in [6, 6.07) is 8.70. The number of hydrogen-bond donors (Lipinski definition) is 1. The van der Waals surface area contributed by atoms with Crippen LogP contribution in [0.4, 0.5) is 5.69 Å². The van der Waals surface area contributed by atoms with Crippen LogP contribution in [0.3, 0.4) is 0 Å². The molecule has 136 valence electrons. The summed E-state index contributed by atoms with van der Waals surface area (Å²) in [6.45, 7) is 0. The molecule has 4 nitrogen and oxygen atoms in total. The van der Waals surface area contributed by atoms with E-state index >= 15 is 0 Å². The van der Waals surface area contributed by atoms with Crippen molar-refractivity contribution in [3.05, 3.63) is 35.3 Å². The van der Waals surface area contributed by atoms with Gasteiger partial charge < -0.3 is 5.32 Å². The molecule has 4 saturated carbocycles. The molecule has 2 aromatic rings. The summed E-state index contributed by atoms with van der Waals surface area (Å²) in [4.78, 5) is 12.1. The number of nitrogens with zero attached hydrogens (tertiary/aromatic N) is 2. The number of benzene rings is 1. The molecule has 0 atom stereocenters. The Bertz CT molecular complexity index is 753. The Morgan fingerprint density at radius 2 is 1.77 bits per heavy atom. The first-order chi connectivity index (χ1) is 12.7. The van der Waals surface area contributed by atoms with Gasteiger partial charge in [0, 0.05) is 5.69 Å². The van der Waals surface area contributed by atoms with Crippen molar-refractivity contribution >= 4 is 34.7 Å². The monoisotopic (exact) mass is 385 g/mol. The van der Waals surface area contributed by atoms with Crippen molar-refractivity contribution in [2.24, 2.45) is 17.8 Å². The fraction of sp³-hybridized carbons (Fsp3) is 0.550. The molecule has 1 aromatic heterocycles. The van der Waals surface area contributed by atoms with Crippen molar-refractivity contribution in [2.45, 2.75) is 48.3 Å². The number of carbonyl (C=O) groups excluding carboxylic acids is 1. The molecule has 0 saturated heterocycles. The summed E-state index contributed by atoms with van der Waals surface area (Å²) in [7, 11) is 0. The van der Waals surface area contributed by atoms with Gasteiger partial charge in [-0.2, -0.15) is 0 Å². The number of carbonyl (C=O) groups is 1. The zero-order valence-corrected chi connectivity index (χ0v) is 16.3. The summed E-state index contributed by atoms with van der Waals surface area (Å²) < 4.78 is 0.831. The molecule has 1 amide bonds. The third kappa shape index (κ3) is 3.18. The van der Waals surface area contributed by atoms with Gasteiger partial charge in [0.05, 0.1) is 5.75 Å². The minimum Gasteiger partial charge on any atom is -0.325 e. The maximum Gasteiger partial charge on any atom is 0.234 e. The summed E-state index contributed by atoms with van der Waals surface area (Å²) in [5.74, 6) is 3.24. The number of thioether (sulfide) groups is 1. The second kappa shape index (κ2) is 6.64. The number of rotatable bonds is 5. The number of nitrogens with one attached hydrogen (secondary N) is 1. The van der Waals surface area contributed by atoms with Gasteiger partial charge in [0.1, 0.15) is 5.51 Å². The Balaban J connectivity index is 1.24. The quantitative estimate of drug-likeness (QED) is 0.756. The van der Waals surface area contributed by atoms with Crippen molar-refractivity contribution in [3.63, 3.8) is 0 Å². The fourth-order valence-electron chi connectivity index (χ4n) is 5.92. The van der Waals surface area contributed by atoms with Crippen LogP contribution in [0.5, 0.6) is 0 Å². The summed E-state index contributed by atoms with van der Waals surface area (Å²) in [6.07, 6.45) is 8.55. The maximum absolute atomic E-state index is 12.1. The third-order valence-electron chi connectivity index (χ3n) is 6.49. The van der Waals surface area contributed by atoms with E-state index in [1.807, 2.05) is 0 Å². The highest BCUT2D eigenvalue weighted by Crippen LogP contribution is 2.60. The lowest BCUT2D eigenvalue weighted by molar-refractivity contribution is -0.113. The first-order valence-corrected chi connectivity index (χ1v) is 11.3. The molecule has 6 rings (SSSR count). The molecule has 6 heteroatoms. The lowest BCUT2D eigenvalue weighted by Crippen LogP contribution is -2.48. The van der Waals surface area contributed by atoms with Gasteiger partial charge in [-0.05, 0) is 79.4 Å². The van der Waals surface area contributed by atoms with Crippen LogP contribution < -0.4 is 5.32 Å². The lowest BCUT2D eigenvalue weighted by Gasteiger charge is -2.57. The largest absolute Gasteiger partial charge is 0.325 e. The molecular formula is C20H23N3OS2. The Hall–Kier alpha value is -1.40. The minimum absolute atomic E-state index is 0.00718. The van der Waals surface area contributed by atoms with E-state index in [1.165, 1.54) is 67.2 Å². The van der Waals surface area contributed by atoms with E-state index in [0.717, 1.165) is 27.8 Å². The van der Waals surface area contributed by atoms with Crippen molar-refractivity contribution in [1.82, 2.24) is 10.2 Å². The molecule has 0 spiro atoms. The van der Waals surface area contributed by atoms with Gasteiger partial charge in [-0.3, -0.25) is 4.79 Å². The molecule has 4 aliphatic carbocycles. The van der Waals surface area contributed by atoms with E-state index in [1.54, 1.807) is 5.51 Å². The van der Waals surface area contributed by atoms with Gasteiger partial charge in [0.25, 0.3) is 0 Å². The van der Waals surface area contributed by atoms with Gasteiger partial charge >= 0.3 is 0 Å². The highest BCUT2D eigenvalue weighted by Gasteiger charge is 2.51. The molecule has 0 radical (unpaired) electrons. The number of hydrogen-bond acceptors (Lipinski definition) is 5. The minimum atomic E-state index is 0.00718. The fourth-order valence-corrected chi connectivity index (χ4v) is 7.21. The van der Waals surface area contributed by atoms with Crippen LogP contribution >= 0.6 is 23.1 Å². The zero-order chi connectivity index (χ0) is 17.6. The van der Waals surface area contributed by atoms with Crippen LogP contribution in [0.25, 0.3) is 0 Å². The van der Waals surface area contributed by atoms with Gasteiger partial charge in [-0.15, -0.1) is 10.2 Å². The highest BCUT2D eigenvalue weighted by atomic mass is 32.2. The van der Waals surface area contributed by atoms with Gasteiger partial charge in [-0.25, -0.2) is 0 Å². The van der Waals surface area contributed by atoms with E-state index in [0.29, 0.717) is 11.2 Å². The molecule has 1 aromatic carbocycles. The van der Waals surface area contributed by atoms with Gasteiger partial charge in [0.15, 0.2) is 4.34 Å². The molecule has 4 bridgehead atoms. The smallest absolute Gasteiger partial charge is 0.234 e. The number of aromatic nitrogens is 2. The van der Waals surface area contributed by atoms with E-state index in [2.05, 4.69) is 39.8 Å². The predicted octanol–water partition coefficient (Wildman–Crippen LogP) is 4.74. The Morgan fingerprint density at radius 3 is 2.35 bits per heavy atom. The Labute approximate surface area is 162 Å². The standard InChI is InChI=1S/C20H23N3OS2/c24-18(11-25-19-23-21-12-26-19)22-17-3-1-16(2-4-17)20-8-13-5-14(9-20)7-15(6-13)10-20/h1-4,12-15H,5-11H2,(H,22,24). The van der Waals surface area contributed by atoms with Gasteiger partial charge in [-0.1, -0.05) is 35.2 Å². The summed E-state index contributed by atoms with van der Waals surface area (Å²) in [5.41, 5.74) is 4.49. The van der Waals surface area contributed by atoms with E-state index in [4.69, 9.17) is 0 Å². The average molecular weight is 386 g/mol. The zero-order valence-electron chi connectivity index (χ0n) is 14.7. The maximum atomic E-state index is 12.1. The first-order valence-electron chi connectivity index (χ1n) is 9.48. The molecule has 0 aliphatic heterocycles. The predicted molar refractivity (Wildman–Crippen MR) is 106 cm³/mol. The molecule has 0 unspecified atom stereocenters. The normalized spacial score (nSPS) is 31.9. The van der Waals surface area contributed by atoms with Crippen LogP contribution in [-0.2, 0) is 10.2 Å². The molecule has 4 aliphatic rings. The van der Waals surface area contributed by atoms with Crippen LogP contribution in [0.2, 0.25) is 0 Å². The van der Waals surface area contributed by atoms with Crippen molar-refractivity contribution in [3.8, 4) is 0 Å². The van der Waals surface area contributed by atoms with Crippen LogP contribution in [0, 0.1) is 17.8 Å². The van der Waals surface area contributed by atoms with E-state index in [9.17, 15) is 4.79 Å². The second-order valence-electron chi connectivity index (χ2n) is 8.32. The Morgan fingerprint density at radius 1 is 1.12 bits per heavy atom. The number of amides is 1. The SMILES string of the molecule is O=C(CSc1nncs1)Nc1ccc(C23CC4CC(CC(C4)C2)C3)cc1.